The van der Waals surface area contributed by atoms with Crippen LogP contribution in [0.25, 0.3) is 0 Å². The molecule has 0 heterocycles. The predicted molar refractivity (Wildman–Crippen MR) is 70.7 cm³/mol. The van der Waals surface area contributed by atoms with Gasteiger partial charge in [0.2, 0.25) is 0 Å². The van der Waals surface area contributed by atoms with Crippen molar-refractivity contribution in [1.82, 2.24) is 0 Å². The predicted octanol–water partition coefficient (Wildman–Crippen LogP) is 2.10. The van der Waals surface area contributed by atoms with Crippen LogP contribution in [0.15, 0.2) is 12.7 Å². The summed E-state index contributed by atoms with van der Waals surface area (Å²) in [7, 11) is 0. The fourth-order valence-corrected chi connectivity index (χ4v) is 2.05. The Hall–Kier alpha value is -0.440. The maximum atomic E-state index is 5.35. The zero-order valence-electron chi connectivity index (χ0n) is 9.71. The van der Waals surface area contributed by atoms with Crippen LogP contribution >= 0.6 is 11.8 Å². The lowest BCUT2D eigenvalue weighted by atomic mass is 10.1. The summed E-state index contributed by atoms with van der Waals surface area (Å²) in [5, 5.41) is 5.85. The molecule has 0 spiro atoms. The average Bonchev–Trinajstić information content (AvgIpc) is 2.20. The van der Waals surface area contributed by atoms with Crippen LogP contribution in [0.3, 0.4) is 0 Å². The molecule has 0 aliphatic rings. The van der Waals surface area contributed by atoms with E-state index in [-0.39, 0.29) is 0 Å². The Kier molecular flexibility index (Phi) is 11.3. The van der Waals surface area contributed by atoms with E-state index >= 15 is 0 Å². The molecule has 0 atom stereocenters. The highest BCUT2D eigenvalue weighted by molar-refractivity contribution is 8.13. The van der Waals surface area contributed by atoms with Gasteiger partial charge in [0, 0.05) is 5.75 Å². The minimum atomic E-state index is 0.499. The van der Waals surface area contributed by atoms with E-state index < -0.39 is 0 Å². The molecule has 0 unspecified atom stereocenters. The molecule has 0 saturated carbocycles. The highest BCUT2D eigenvalue weighted by atomic mass is 32.2. The van der Waals surface area contributed by atoms with Gasteiger partial charge in [-0.2, -0.15) is 0 Å². The first-order valence-electron chi connectivity index (χ1n) is 5.89. The summed E-state index contributed by atoms with van der Waals surface area (Å²) >= 11 is 1.57. The number of amidine groups is 1. The summed E-state index contributed by atoms with van der Waals surface area (Å²) < 4.78 is 0. The minimum absolute atomic E-state index is 0.499. The second kappa shape index (κ2) is 11.6. The quantitative estimate of drug-likeness (QED) is 0.261. The molecule has 4 N–H and O–H groups in total. The molecule has 15 heavy (non-hydrogen) atoms. The van der Waals surface area contributed by atoms with E-state index in [1.54, 1.807) is 11.8 Å². The van der Waals surface area contributed by atoms with Gasteiger partial charge in [-0.15, -0.1) is 6.58 Å². The third-order valence-corrected chi connectivity index (χ3v) is 3.15. The number of rotatable bonds is 10. The largest absolute Gasteiger partial charge is 0.299 e. The van der Waals surface area contributed by atoms with Crippen molar-refractivity contribution in [2.45, 2.75) is 51.4 Å². The van der Waals surface area contributed by atoms with Crippen LogP contribution in [0.2, 0.25) is 0 Å². The van der Waals surface area contributed by atoms with Gasteiger partial charge >= 0.3 is 0 Å². The van der Waals surface area contributed by atoms with Gasteiger partial charge in [-0.05, 0) is 31.0 Å². The van der Waals surface area contributed by atoms with Crippen LogP contribution in [0.5, 0.6) is 0 Å². The Morgan fingerprint density at radius 2 is 1.60 bits per heavy atom. The molecular formula is C12H25N2S+. The van der Waals surface area contributed by atoms with Gasteiger partial charge in [-0.25, -0.2) is 0 Å². The maximum absolute atomic E-state index is 5.35. The number of unbranched alkanes of at least 4 members (excludes halogenated alkanes) is 7. The monoisotopic (exact) mass is 229 g/mol. The smallest absolute Gasteiger partial charge is 0.282 e. The standard InChI is InChI=1S/C12H24N2S/c1-2-3-4-5-6-7-8-9-10-11-15-12(13)14/h2H,1,3-11H2,(H3,13,14)/p+1. The molecule has 0 aliphatic carbocycles. The van der Waals surface area contributed by atoms with Crippen molar-refractivity contribution in [1.29, 1.82) is 0 Å². The molecule has 3 heteroatoms. The number of thioether (sulfide) groups is 1. The lowest BCUT2D eigenvalue weighted by molar-refractivity contribution is -0.110. The van der Waals surface area contributed by atoms with E-state index in [0.717, 1.165) is 5.75 Å². The summed E-state index contributed by atoms with van der Waals surface area (Å²) in [5.74, 6) is 1.07. The Balaban J connectivity index is 2.92. The molecule has 0 aromatic rings. The fourth-order valence-electron chi connectivity index (χ4n) is 1.46. The van der Waals surface area contributed by atoms with Gasteiger partial charge in [0.05, 0.1) is 0 Å². The first kappa shape index (κ1) is 14.6. The molecule has 0 rings (SSSR count). The molecule has 0 amide bonds. The van der Waals surface area contributed by atoms with Crippen molar-refractivity contribution < 1.29 is 5.41 Å². The van der Waals surface area contributed by atoms with Crippen molar-refractivity contribution in [2.75, 3.05) is 5.75 Å². The third kappa shape index (κ3) is 13.6. The van der Waals surface area contributed by atoms with Gasteiger partial charge in [0.15, 0.2) is 0 Å². The normalized spacial score (nSPS) is 10.1. The van der Waals surface area contributed by atoms with Crippen LogP contribution in [-0.2, 0) is 0 Å². The van der Waals surface area contributed by atoms with Crippen LogP contribution in [0.4, 0.5) is 0 Å². The zero-order valence-corrected chi connectivity index (χ0v) is 10.5. The maximum Gasteiger partial charge on any atom is 0.299 e. The average molecular weight is 229 g/mol. The van der Waals surface area contributed by atoms with Crippen LogP contribution in [0.1, 0.15) is 51.4 Å². The Labute approximate surface area is 98.2 Å². The number of hydrogen-bond acceptors (Lipinski definition) is 1. The molecule has 0 radical (unpaired) electrons. The number of allylic oxidation sites excluding steroid dienone is 1. The first-order valence-corrected chi connectivity index (χ1v) is 6.87. The summed E-state index contributed by atoms with van der Waals surface area (Å²) in [6.45, 7) is 3.72. The Morgan fingerprint density at radius 3 is 2.13 bits per heavy atom. The molecule has 0 aromatic heterocycles. The molecule has 0 saturated heterocycles. The summed E-state index contributed by atoms with van der Waals surface area (Å²) in [6.07, 6.45) is 12.4. The van der Waals surface area contributed by atoms with E-state index in [9.17, 15) is 0 Å². The zero-order chi connectivity index (χ0) is 11.4. The molecule has 0 bridgehead atoms. The van der Waals surface area contributed by atoms with E-state index in [1.165, 1.54) is 51.4 Å². The van der Waals surface area contributed by atoms with Gasteiger partial charge in [0.25, 0.3) is 5.17 Å². The second-order valence-electron chi connectivity index (χ2n) is 3.80. The minimum Gasteiger partial charge on any atom is -0.282 e. The second-order valence-corrected chi connectivity index (χ2v) is 4.97. The van der Waals surface area contributed by atoms with E-state index in [2.05, 4.69) is 6.58 Å². The van der Waals surface area contributed by atoms with Crippen molar-refractivity contribution in [3.63, 3.8) is 0 Å². The molecule has 0 fully saturated rings. The number of hydrogen-bond donors (Lipinski definition) is 2. The highest BCUT2D eigenvalue weighted by Gasteiger charge is 1.96. The van der Waals surface area contributed by atoms with Gasteiger partial charge in [-0.1, -0.05) is 38.2 Å². The topological polar surface area (TPSA) is 51.6 Å². The highest BCUT2D eigenvalue weighted by Crippen LogP contribution is 2.10. The van der Waals surface area contributed by atoms with E-state index in [1.807, 2.05) is 6.08 Å². The van der Waals surface area contributed by atoms with Crippen LogP contribution < -0.4 is 11.1 Å². The Bertz CT molecular complexity index is 169. The molecule has 88 valence electrons. The summed E-state index contributed by atoms with van der Waals surface area (Å²) in [4.78, 5) is 0. The lowest BCUT2D eigenvalue weighted by Gasteiger charge is -2.00. The first-order chi connectivity index (χ1) is 7.27. The summed E-state index contributed by atoms with van der Waals surface area (Å²) in [5.41, 5.74) is 5.35. The van der Waals surface area contributed by atoms with Gasteiger partial charge in [-0.3, -0.25) is 11.1 Å². The van der Waals surface area contributed by atoms with Crippen molar-refractivity contribution >= 4 is 16.9 Å². The molecule has 0 aliphatic heterocycles. The van der Waals surface area contributed by atoms with Gasteiger partial charge in [0.1, 0.15) is 0 Å². The van der Waals surface area contributed by atoms with E-state index in [4.69, 9.17) is 11.1 Å². The van der Waals surface area contributed by atoms with Crippen LogP contribution in [-0.4, -0.2) is 10.9 Å². The molecule has 0 aromatic carbocycles. The van der Waals surface area contributed by atoms with Gasteiger partial charge < -0.3 is 0 Å². The van der Waals surface area contributed by atoms with Crippen molar-refractivity contribution in [2.24, 2.45) is 5.73 Å². The SMILES string of the molecule is C=CCCCCCCCCCSC(N)=[NH2+]. The summed E-state index contributed by atoms with van der Waals surface area (Å²) in [6, 6.07) is 0. The van der Waals surface area contributed by atoms with Crippen molar-refractivity contribution in [3.8, 4) is 0 Å². The third-order valence-electron chi connectivity index (χ3n) is 2.32. The number of nitrogens with two attached hydrogens (primary N) is 2. The molecular weight excluding hydrogens is 204 g/mol. The fraction of sp³-hybridized carbons (Fsp3) is 0.750. The Morgan fingerprint density at radius 1 is 1.07 bits per heavy atom. The van der Waals surface area contributed by atoms with Crippen LogP contribution in [0, 0.1) is 0 Å². The lowest BCUT2D eigenvalue weighted by Crippen LogP contribution is -2.43. The van der Waals surface area contributed by atoms with E-state index in [0.29, 0.717) is 5.17 Å². The van der Waals surface area contributed by atoms with Crippen molar-refractivity contribution in [3.05, 3.63) is 12.7 Å². The molecule has 2 nitrogen and oxygen atoms in total.